The molecular formula is C64H119NO10. The van der Waals surface area contributed by atoms with Crippen LogP contribution in [0, 0.1) is 0 Å². The van der Waals surface area contributed by atoms with Crippen LogP contribution in [0.5, 0.6) is 0 Å². The van der Waals surface area contributed by atoms with Crippen LogP contribution in [0.3, 0.4) is 0 Å². The van der Waals surface area contributed by atoms with E-state index in [1.165, 1.54) is 173 Å². The molecule has 1 saturated heterocycles. The van der Waals surface area contributed by atoms with E-state index in [1.807, 2.05) is 0 Å². The Labute approximate surface area is 459 Å². The average molecular weight is 1060 g/mol. The lowest BCUT2D eigenvalue weighted by Gasteiger charge is -2.40. The predicted molar refractivity (Wildman–Crippen MR) is 311 cm³/mol. The van der Waals surface area contributed by atoms with E-state index >= 15 is 0 Å². The number of amides is 1. The van der Waals surface area contributed by atoms with Gasteiger partial charge < -0.3 is 50.5 Å². The van der Waals surface area contributed by atoms with Crippen molar-refractivity contribution in [2.24, 2.45) is 0 Å². The Balaban J connectivity index is 2.32. The third-order valence-corrected chi connectivity index (χ3v) is 15.1. The van der Waals surface area contributed by atoms with Crippen LogP contribution in [-0.4, -0.2) is 110 Å². The van der Waals surface area contributed by atoms with Crippen molar-refractivity contribution in [1.29, 1.82) is 0 Å². The van der Waals surface area contributed by atoms with Gasteiger partial charge in [0, 0.05) is 0 Å². The van der Waals surface area contributed by atoms with E-state index in [1.54, 1.807) is 0 Å². The fraction of sp³-hybridized carbons (Fsp3) is 0.859. The zero-order chi connectivity index (χ0) is 54.7. The summed E-state index contributed by atoms with van der Waals surface area (Å²) in [5.74, 6) is -0.715. The number of unbranched alkanes of at least 4 members (excludes halogenated alkanes) is 34. The minimum Gasteiger partial charge on any atom is -0.394 e. The first kappa shape index (κ1) is 71.1. The molecule has 1 rings (SSSR count). The van der Waals surface area contributed by atoms with Gasteiger partial charge in [0.05, 0.1) is 25.4 Å². The summed E-state index contributed by atoms with van der Waals surface area (Å²) in [6.45, 7) is 3.46. The van der Waals surface area contributed by atoms with Gasteiger partial charge in [-0.2, -0.15) is 0 Å². The van der Waals surface area contributed by atoms with Crippen LogP contribution >= 0.6 is 0 Å². The molecule has 1 aliphatic heterocycles. The van der Waals surface area contributed by atoms with Gasteiger partial charge >= 0.3 is 0 Å². The second-order valence-electron chi connectivity index (χ2n) is 22.1. The monoisotopic (exact) mass is 1060 g/mol. The third-order valence-electron chi connectivity index (χ3n) is 15.1. The molecule has 8 N–H and O–H groups in total. The molecule has 0 aromatic heterocycles. The lowest BCUT2D eigenvalue weighted by Crippen LogP contribution is -2.60. The maximum absolute atomic E-state index is 13.2. The number of carbonyl (C=O) groups is 1. The first-order valence-corrected chi connectivity index (χ1v) is 31.5. The molecule has 1 fully saturated rings. The van der Waals surface area contributed by atoms with E-state index < -0.39 is 74.2 Å². The molecule has 0 spiro atoms. The molecule has 0 aliphatic carbocycles. The van der Waals surface area contributed by atoms with Crippen molar-refractivity contribution in [3.63, 3.8) is 0 Å². The van der Waals surface area contributed by atoms with Crippen LogP contribution in [0.2, 0.25) is 0 Å². The van der Waals surface area contributed by atoms with Crippen LogP contribution in [0.4, 0.5) is 0 Å². The lowest BCUT2D eigenvalue weighted by atomic mass is 9.98. The normalized spacial score (nSPS) is 20.0. The van der Waals surface area contributed by atoms with Crippen molar-refractivity contribution < 1.29 is 50.0 Å². The highest BCUT2D eigenvalue weighted by Gasteiger charge is 2.44. The highest BCUT2D eigenvalue weighted by atomic mass is 16.7. The molecule has 0 aromatic rings. The Morgan fingerprint density at radius 3 is 1.19 bits per heavy atom. The van der Waals surface area contributed by atoms with Crippen molar-refractivity contribution in [3.8, 4) is 0 Å². The van der Waals surface area contributed by atoms with Crippen LogP contribution in [0.15, 0.2) is 48.6 Å². The van der Waals surface area contributed by atoms with Gasteiger partial charge in [-0.05, 0) is 89.9 Å². The van der Waals surface area contributed by atoms with Crippen LogP contribution in [0.25, 0.3) is 0 Å². The van der Waals surface area contributed by atoms with E-state index in [2.05, 4.69) is 67.8 Å². The second kappa shape index (κ2) is 52.8. The Morgan fingerprint density at radius 2 is 0.800 bits per heavy atom. The molecule has 9 unspecified atom stereocenters. The molecule has 75 heavy (non-hydrogen) atoms. The number of ether oxygens (including phenoxy) is 2. The maximum Gasteiger partial charge on any atom is 0.249 e. The Hall–Kier alpha value is -1.93. The van der Waals surface area contributed by atoms with Crippen LogP contribution in [0.1, 0.15) is 284 Å². The Morgan fingerprint density at radius 1 is 0.453 bits per heavy atom. The van der Waals surface area contributed by atoms with Gasteiger partial charge in [0.1, 0.15) is 36.6 Å². The first-order valence-electron chi connectivity index (χ1n) is 31.5. The summed E-state index contributed by atoms with van der Waals surface area (Å²) in [5, 5.41) is 76.2. The number of allylic oxidation sites excluding steroid dienone is 8. The number of aliphatic hydroxyl groups excluding tert-OH is 7. The van der Waals surface area contributed by atoms with Gasteiger partial charge in [-0.15, -0.1) is 0 Å². The lowest BCUT2D eigenvalue weighted by molar-refractivity contribution is -0.303. The van der Waals surface area contributed by atoms with Gasteiger partial charge in [0.2, 0.25) is 5.91 Å². The Kier molecular flexibility index (Phi) is 50.0. The minimum absolute atomic E-state index is 0.239. The predicted octanol–water partition coefficient (Wildman–Crippen LogP) is 14.0. The molecule has 1 aliphatic rings. The average Bonchev–Trinajstić information content (AvgIpc) is 3.41. The van der Waals surface area contributed by atoms with E-state index in [0.29, 0.717) is 19.3 Å². The van der Waals surface area contributed by atoms with Crippen LogP contribution < -0.4 is 5.32 Å². The minimum atomic E-state index is -1.68. The summed E-state index contributed by atoms with van der Waals surface area (Å²) in [7, 11) is 0. The third kappa shape index (κ3) is 40.9. The summed E-state index contributed by atoms with van der Waals surface area (Å²) in [5.41, 5.74) is 0. The standard InChI is InChI=1S/C64H119NO10/c1-3-5-7-9-11-13-15-17-19-21-23-25-26-27-28-29-30-32-33-35-37-39-41-43-45-47-49-51-56(67)59(69)55(54-74-64-62(72)61(71)60(70)58(53-66)75-64)65-63(73)57(68)52-50-48-46-44-42-40-38-36-34-31-24-22-20-18-16-14-12-10-8-6-4-2/h29-30,34-37,43,45,55-62,64,66-72H,3-28,31-33,38-42,44,46-54H2,1-2H3,(H,65,73)/b30-29+,36-34-,37-35+,45-43+. The van der Waals surface area contributed by atoms with E-state index in [0.717, 1.165) is 64.2 Å². The molecule has 440 valence electrons. The molecule has 11 nitrogen and oxygen atoms in total. The number of hydrogen-bond donors (Lipinski definition) is 8. The van der Waals surface area contributed by atoms with Crippen molar-refractivity contribution in [2.75, 3.05) is 13.2 Å². The first-order chi connectivity index (χ1) is 36.7. The number of carbonyl (C=O) groups excluding carboxylic acids is 1. The summed E-state index contributed by atoms with van der Waals surface area (Å²) in [6.07, 6.45) is 56.0. The van der Waals surface area contributed by atoms with E-state index in [-0.39, 0.29) is 12.8 Å². The molecular weight excluding hydrogens is 943 g/mol. The largest absolute Gasteiger partial charge is 0.394 e. The molecule has 1 heterocycles. The molecule has 0 aromatic carbocycles. The smallest absolute Gasteiger partial charge is 0.249 e. The van der Waals surface area contributed by atoms with Crippen molar-refractivity contribution >= 4 is 5.91 Å². The topological polar surface area (TPSA) is 189 Å². The molecule has 1 amide bonds. The second-order valence-corrected chi connectivity index (χ2v) is 22.1. The van der Waals surface area contributed by atoms with Gasteiger partial charge in [-0.25, -0.2) is 0 Å². The van der Waals surface area contributed by atoms with Gasteiger partial charge in [0.25, 0.3) is 0 Å². The SMILES string of the molecule is CCCCCCCCCCCCC/C=C\CCCCCCCCC(O)C(=O)NC(COC1OC(CO)C(O)C(O)C1O)C(O)C(O)CCC/C=C/CC/C=C/CC/C=C/CCCCCCCCCCCCCCCC. The molecule has 0 radical (unpaired) electrons. The fourth-order valence-electron chi connectivity index (χ4n) is 9.94. The Bertz CT molecular complexity index is 1360. The summed E-state index contributed by atoms with van der Waals surface area (Å²) in [4.78, 5) is 13.2. The number of rotatable bonds is 54. The highest BCUT2D eigenvalue weighted by molar-refractivity contribution is 5.80. The van der Waals surface area contributed by atoms with Crippen molar-refractivity contribution in [2.45, 2.75) is 339 Å². The summed E-state index contributed by atoms with van der Waals surface area (Å²) >= 11 is 0. The number of hydrogen-bond acceptors (Lipinski definition) is 10. The number of aliphatic hydroxyl groups is 7. The molecule has 0 saturated carbocycles. The molecule has 0 bridgehead atoms. The number of nitrogens with one attached hydrogen (secondary N) is 1. The van der Waals surface area contributed by atoms with Crippen molar-refractivity contribution in [1.82, 2.24) is 5.32 Å². The maximum atomic E-state index is 13.2. The summed E-state index contributed by atoms with van der Waals surface area (Å²) < 4.78 is 11.1. The van der Waals surface area contributed by atoms with E-state index in [4.69, 9.17) is 9.47 Å². The van der Waals surface area contributed by atoms with Gasteiger partial charge in [-0.3, -0.25) is 4.79 Å². The van der Waals surface area contributed by atoms with Crippen molar-refractivity contribution in [3.05, 3.63) is 48.6 Å². The van der Waals surface area contributed by atoms with Gasteiger partial charge in [-0.1, -0.05) is 242 Å². The molecule has 11 heteroatoms. The van der Waals surface area contributed by atoms with Gasteiger partial charge in [0.15, 0.2) is 6.29 Å². The quantitative estimate of drug-likeness (QED) is 0.0215. The van der Waals surface area contributed by atoms with Crippen LogP contribution in [-0.2, 0) is 14.3 Å². The summed E-state index contributed by atoms with van der Waals surface area (Å²) in [6, 6.07) is -1.20. The van der Waals surface area contributed by atoms with E-state index in [9.17, 15) is 40.5 Å². The zero-order valence-corrected chi connectivity index (χ0v) is 48.3. The molecule has 9 atom stereocenters. The fourth-order valence-corrected chi connectivity index (χ4v) is 9.94. The zero-order valence-electron chi connectivity index (χ0n) is 48.3. The highest BCUT2D eigenvalue weighted by Crippen LogP contribution is 2.23.